The molecule has 2 rings (SSSR count). The Balaban J connectivity index is 1.73. The summed E-state index contributed by atoms with van der Waals surface area (Å²) in [7, 11) is 3.86. The van der Waals surface area contributed by atoms with Crippen LogP contribution in [0.15, 0.2) is 48.5 Å². The van der Waals surface area contributed by atoms with Crippen LogP contribution in [-0.2, 0) is 9.59 Å². The van der Waals surface area contributed by atoms with Crippen molar-refractivity contribution in [3.05, 3.63) is 59.1 Å². The summed E-state index contributed by atoms with van der Waals surface area (Å²) in [4.78, 5) is 37.8. The smallest absolute Gasteiger partial charge is 0.243 e. The highest BCUT2D eigenvalue weighted by Crippen LogP contribution is 2.15. The van der Waals surface area contributed by atoms with Gasteiger partial charge in [-0.3, -0.25) is 14.4 Å². The lowest BCUT2D eigenvalue weighted by Gasteiger charge is -2.13. The molecule has 2 amide bonds. The fraction of sp³-hybridized carbons (Fsp3) is 0.250. The number of nitrogens with one attached hydrogen (secondary N) is 2. The third-order valence-corrected chi connectivity index (χ3v) is 4.07. The van der Waals surface area contributed by atoms with Gasteiger partial charge in [0.1, 0.15) is 0 Å². The molecule has 2 N–H and O–H groups in total. The van der Waals surface area contributed by atoms with Gasteiger partial charge in [-0.05, 0) is 36.4 Å². The molecule has 2 aromatic carbocycles. The van der Waals surface area contributed by atoms with E-state index in [1.807, 2.05) is 31.1 Å². The number of carbonyl (C=O) groups is 3. The Morgan fingerprint density at radius 2 is 1.67 bits per heavy atom. The van der Waals surface area contributed by atoms with Crippen molar-refractivity contribution in [1.82, 2.24) is 5.32 Å². The molecular weight excluding hydrogens is 366 g/mol. The lowest BCUT2D eigenvalue weighted by atomic mass is 10.1. The van der Waals surface area contributed by atoms with Crippen molar-refractivity contribution in [3.8, 4) is 0 Å². The zero-order valence-corrected chi connectivity index (χ0v) is 16.0. The molecule has 0 aliphatic carbocycles. The second-order valence-electron chi connectivity index (χ2n) is 6.20. The quantitative estimate of drug-likeness (QED) is 0.682. The molecule has 7 heteroatoms. The summed E-state index contributed by atoms with van der Waals surface area (Å²) in [5.74, 6) is -0.858. The third-order valence-electron chi connectivity index (χ3n) is 3.84. The lowest BCUT2D eigenvalue weighted by molar-refractivity contribution is -0.124. The number of amides is 2. The van der Waals surface area contributed by atoms with Crippen LogP contribution in [0.5, 0.6) is 0 Å². The van der Waals surface area contributed by atoms with Crippen LogP contribution >= 0.6 is 11.6 Å². The molecular formula is C20H22ClN3O3. The van der Waals surface area contributed by atoms with E-state index in [0.717, 1.165) is 5.69 Å². The first-order valence-electron chi connectivity index (χ1n) is 8.48. The molecule has 27 heavy (non-hydrogen) atoms. The Morgan fingerprint density at radius 3 is 2.30 bits per heavy atom. The summed E-state index contributed by atoms with van der Waals surface area (Å²) in [6.45, 7) is -0.153. The predicted molar refractivity (Wildman–Crippen MR) is 107 cm³/mol. The fourth-order valence-corrected chi connectivity index (χ4v) is 2.54. The maximum absolute atomic E-state index is 12.0. The number of ketones is 1. The van der Waals surface area contributed by atoms with Crippen LogP contribution in [0.4, 0.5) is 11.4 Å². The molecule has 0 unspecified atom stereocenters. The molecule has 0 aliphatic rings. The van der Waals surface area contributed by atoms with E-state index in [0.29, 0.717) is 16.3 Å². The zero-order chi connectivity index (χ0) is 19.8. The van der Waals surface area contributed by atoms with Gasteiger partial charge in [0.15, 0.2) is 5.78 Å². The number of halogens is 1. The van der Waals surface area contributed by atoms with Gasteiger partial charge in [0.2, 0.25) is 11.8 Å². The van der Waals surface area contributed by atoms with Gasteiger partial charge < -0.3 is 15.5 Å². The maximum atomic E-state index is 12.0. The standard InChI is InChI=1S/C20H22ClN3O3/c1-24(2)17-8-6-16(7-9-17)23-20(27)13-22-19(26)11-10-18(25)14-4-3-5-15(21)12-14/h3-9,12H,10-11,13H2,1-2H3,(H,22,26)(H,23,27). The molecule has 0 bridgehead atoms. The summed E-state index contributed by atoms with van der Waals surface area (Å²) in [6, 6.07) is 13.9. The van der Waals surface area contributed by atoms with Crippen LogP contribution in [-0.4, -0.2) is 38.2 Å². The summed E-state index contributed by atoms with van der Waals surface area (Å²) < 4.78 is 0. The molecule has 0 fully saturated rings. The minimum atomic E-state index is -0.358. The van der Waals surface area contributed by atoms with Crippen molar-refractivity contribution in [3.63, 3.8) is 0 Å². The van der Waals surface area contributed by atoms with E-state index in [9.17, 15) is 14.4 Å². The van der Waals surface area contributed by atoms with Gasteiger partial charge in [0.25, 0.3) is 0 Å². The van der Waals surface area contributed by atoms with Crippen molar-refractivity contribution < 1.29 is 14.4 Å². The number of benzene rings is 2. The Bertz CT molecular complexity index is 819. The Morgan fingerprint density at radius 1 is 0.963 bits per heavy atom. The first-order valence-corrected chi connectivity index (χ1v) is 8.85. The van der Waals surface area contributed by atoms with E-state index in [1.54, 1.807) is 36.4 Å². The van der Waals surface area contributed by atoms with Crippen LogP contribution in [0.3, 0.4) is 0 Å². The van der Waals surface area contributed by atoms with Gasteiger partial charge in [0, 0.05) is 48.9 Å². The van der Waals surface area contributed by atoms with Gasteiger partial charge in [0.05, 0.1) is 6.54 Å². The molecule has 0 spiro atoms. The largest absolute Gasteiger partial charge is 0.378 e. The van der Waals surface area contributed by atoms with E-state index in [-0.39, 0.29) is 37.0 Å². The van der Waals surface area contributed by atoms with Crippen molar-refractivity contribution in [2.75, 3.05) is 30.9 Å². The van der Waals surface area contributed by atoms with Gasteiger partial charge in [-0.25, -0.2) is 0 Å². The van der Waals surface area contributed by atoms with E-state index in [4.69, 9.17) is 11.6 Å². The molecule has 0 aromatic heterocycles. The van der Waals surface area contributed by atoms with Crippen LogP contribution < -0.4 is 15.5 Å². The number of Topliss-reactive ketones (excluding diaryl/α,β-unsaturated/α-hetero) is 1. The highest BCUT2D eigenvalue weighted by atomic mass is 35.5. The van der Waals surface area contributed by atoms with E-state index in [1.165, 1.54) is 0 Å². The first-order chi connectivity index (χ1) is 12.8. The van der Waals surface area contributed by atoms with Crippen molar-refractivity contribution in [2.45, 2.75) is 12.8 Å². The molecule has 2 aromatic rings. The molecule has 0 aliphatic heterocycles. The monoisotopic (exact) mass is 387 g/mol. The summed E-state index contributed by atoms with van der Waals surface area (Å²) in [6.07, 6.45) is 0.0654. The number of carbonyl (C=O) groups excluding carboxylic acids is 3. The highest BCUT2D eigenvalue weighted by Gasteiger charge is 2.11. The highest BCUT2D eigenvalue weighted by molar-refractivity contribution is 6.31. The molecule has 0 atom stereocenters. The van der Waals surface area contributed by atoms with Gasteiger partial charge in [-0.2, -0.15) is 0 Å². The number of hydrogen-bond acceptors (Lipinski definition) is 4. The molecule has 6 nitrogen and oxygen atoms in total. The van der Waals surface area contributed by atoms with Crippen LogP contribution in [0, 0.1) is 0 Å². The SMILES string of the molecule is CN(C)c1ccc(NC(=O)CNC(=O)CCC(=O)c2cccc(Cl)c2)cc1. The van der Waals surface area contributed by atoms with E-state index < -0.39 is 0 Å². The van der Waals surface area contributed by atoms with E-state index in [2.05, 4.69) is 10.6 Å². The average Bonchev–Trinajstić information content (AvgIpc) is 2.64. The summed E-state index contributed by atoms with van der Waals surface area (Å²) in [5.41, 5.74) is 2.14. The minimum Gasteiger partial charge on any atom is -0.378 e. The topological polar surface area (TPSA) is 78.5 Å². The Kier molecular flexibility index (Phi) is 7.37. The molecule has 0 saturated carbocycles. The Hall–Kier alpha value is -2.86. The number of anilines is 2. The van der Waals surface area contributed by atoms with Gasteiger partial charge >= 0.3 is 0 Å². The number of rotatable bonds is 8. The van der Waals surface area contributed by atoms with Crippen LogP contribution in [0.1, 0.15) is 23.2 Å². The van der Waals surface area contributed by atoms with Gasteiger partial charge in [-0.1, -0.05) is 23.7 Å². The molecule has 142 valence electrons. The van der Waals surface area contributed by atoms with Gasteiger partial charge in [-0.15, -0.1) is 0 Å². The first kappa shape index (κ1) is 20.5. The number of nitrogens with zero attached hydrogens (tertiary/aromatic N) is 1. The third kappa shape index (κ3) is 6.75. The second kappa shape index (κ2) is 9.73. The average molecular weight is 388 g/mol. The summed E-state index contributed by atoms with van der Waals surface area (Å²) in [5, 5.41) is 5.69. The second-order valence-corrected chi connectivity index (χ2v) is 6.64. The lowest BCUT2D eigenvalue weighted by Crippen LogP contribution is -2.33. The van der Waals surface area contributed by atoms with Crippen molar-refractivity contribution in [1.29, 1.82) is 0 Å². The van der Waals surface area contributed by atoms with Crippen molar-refractivity contribution in [2.24, 2.45) is 0 Å². The zero-order valence-electron chi connectivity index (χ0n) is 15.3. The minimum absolute atomic E-state index is 0.0101. The van der Waals surface area contributed by atoms with E-state index >= 15 is 0 Å². The normalized spacial score (nSPS) is 10.2. The van der Waals surface area contributed by atoms with Crippen molar-refractivity contribution >= 4 is 40.6 Å². The Labute approximate surface area is 163 Å². The molecule has 0 saturated heterocycles. The number of hydrogen-bond donors (Lipinski definition) is 2. The summed E-state index contributed by atoms with van der Waals surface area (Å²) >= 11 is 5.85. The maximum Gasteiger partial charge on any atom is 0.243 e. The molecule has 0 radical (unpaired) electrons. The molecule has 0 heterocycles. The predicted octanol–water partition coefficient (Wildman–Crippen LogP) is 3.12. The van der Waals surface area contributed by atoms with Crippen LogP contribution in [0.2, 0.25) is 5.02 Å². The fourth-order valence-electron chi connectivity index (χ4n) is 2.35. The van der Waals surface area contributed by atoms with Crippen LogP contribution in [0.25, 0.3) is 0 Å².